The summed E-state index contributed by atoms with van der Waals surface area (Å²) in [7, 11) is 0. The van der Waals surface area contributed by atoms with Crippen LogP contribution in [-0.4, -0.2) is 18.1 Å². The summed E-state index contributed by atoms with van der Waals surface area (Å²) in [6.45, 7) is 4.45. The van der Waals surface area contributed by atoms with Gasteiger partial charge >= 0.3 is 0 Å². The second-order valence-corrected chi connectivity index (χ2v) is 7.67. The first kappa shape index (κ1) is 14.2. The summed E-state index contributed by atoms with van der Waals surface area (Å²) in [5.41, 5.74) is 1.40. The fourth-order valence-electron chi connectivity index (χ4n) is 2.85. The van der Waals surface area contributed by atoms with Gasteiger partial charge in [-0.15, -0.1) is 22.7 Å². The van der Waals surface area contributed by atoms with Crippen LogP contribution in [0.25, 0.3) is 0 Å². The molecule has 0 spiro atoms. The summed E-state index contributed by atoms with van der Waals surface area (Å²) in [6.07, 6.45) is 6.09. The average molecular weight is 306 g/mol. The molecule has 0 fully saturated rings. The quantitative estimate of drug-likeness (QED) is 0.809. The van der Waals surface area contributed by atoms with Gasteiger partial charge in [-0.2, -0.15) is 0 Å². The van der Waals surface area contributed by atoms with Crippen LogP contribution < -0.4 is 5.32 Å². The van der Waals surface area contributed by atoms with Crippen molar-refractivity contribution in [1.82, 2.24) is 10.3 Å². The molecular formula is C16H22N2S2. The molecule has 108 valence electrons. The van der Waals surface area contributed by atoms with Gasteiger partial charge in [-0.05, 0) is 43.7 Å². The minimum atomic E-state index is 0.638. The number of fused-ring (bicyclic) bond motifs is 1. The number of rotatable bonds is 6. The number of hydrogen-bond donors (Lipinski definition) is 1. The van der Waals surface area contributed by atoms with Crippen molar-refractivity contribution in [3.05, 3.63) is 38.0 Å². The molecule has 0 aliphatic heterocycles. The van der Waals surface area contributed by atoms with E-state index < -0.39 is 0 Å². The summed E-state index contributed by atoms with van der Waals surface area (Å²) >= 11 is 3.78. The van der Waals surface area contributed by atoms with Gasteiger partial charge in [0.1, 0.15) is 0 Å². The van der Waals surface area contributed by atoms with E-state index in [0.29, 0.717) is 5.92 Å². The Labute approximate surface area is 129 Å². The van der Waals surface area contributed by atoms with E-state index in [-0.39, 0.29) is 0 Å². The van der Waals surface area contributed by atoms with Crippen molar-refractivity contribution in [3.63, 3.8) is 0 Å². The third-order valence-corrected chi connectivity index (χ3v) is 5.85. The van der Waals surface area contributed by atoms with Gasteiger partial charge in [0.25, 0.3) is 0 Å². The Morgan fingerprint density at radius 3 is 3.20 bits per heavy atom. The Kier molecular flexibility index (Phi) is 4.86. The van der Waals surface area contributed by atoms with E-state index in [1.807, 2.05) is 22.7 Å². The molecule has 4 heteroatoms. The topological polar surface area (TPSA) is 24.9 Å². The van der Waals surface area contributed by atoms with Crippen molar-refractivity contribution in [1.29, 1.82) is 0 Å². The van der Waals surface area contributed by atoms with Crippen LogP contribution >= 0.6 is 22.7 Å². The van der Waals surface area contributed by atoms with Crippen molar-refractivity contribution in [3.8, 4) is 0 Å². The Balaban J connectivity index is 1.71. The van der Waals surface area contributed by atoms with E-state index in [9.17, 15) is 0 Å². The number of nitrogens with zero attached hydrogens (tertiary/aromatic N) is 1. The van der Waals surface area contributed by atoms with Gasteiger partial charge in [0.2, 0.25) is 0 Å². The molecule has 1 unspecified atom stereocenters. The van der Waals surface area contributed by atoms with Crippen LogP contribution in [0.4, 0.5) is 0 Å². The normalized spacial score (nSPS) is 18.1. The molecule has 0 aromatic carbocycles. The van der Waals surface area contributed by atoms with Crippen molar-refractivity contribution < 1.29 is 0 Å². The number of thiophene rings is 1. The van der Waals surface area contributed by atoms with E-state index >= 15 is 0 Å². The van der Waals surface area contributed by atoms with Crippen molar-refractivity contribution >= 4 is 22.7 Å². The van der Waals surface area contributed by atoms with Crippen LogP contribution in [0.1, 0.15) is 52.6 Å². The molecule has 1 N–H and O–H groups in total. The average Bonchev–Trinajstić information content (AvgIpc) is 3.08. The molecule has 3 rings (SSSR count). The van der Waals surface area contributed by atoms with Gasteiger partial charge in [-0.1, -0.05) is 13.0 Å². The van der Waals surface area contributed by atoms with Gasteiger partial charge in [0.15, 0.2) is 0 Å². The SMILES string of the molecule is CCCNCC1CCCc2sc(Cc3cccs3)nc21. The highest BCUT2D eigenvalue weighted by Gasteiger charge is 2.24. The van der Waals surface area contributed by atoms with Crippen LogP contribution in [0.3, 0.4) is 0 Å². The van der Waals surface area contributed by atoms with Crippen molar-refractivity contribution in [2.45, 2.75) is 44.9 Å². The van der Waals surface area contributed by atoms with E-state index in [1.54, 1.807) is 4.88 Å². The fourth-order valence-corrected chi connectivity index (χ4v) is 4.87. The maximum absolute atomic E-state index is 4.97. The minimum absolute atomic E-state index is 0.638. The Bertz CT molecular complexity index is 531. The molecule has 2 nitrogen and oxygen atoms in total. The van der Waals surface area contributed by atoms with E-state index in [0.717, 1.165) is 19.5 Å². The molecule has 2 aromatic rings. The molecule has 1 aliphatic rings. The van der Waals surface area contributed by atoms with Gasteiger partial charge in [0, 0.05) is 28.6 Å². The molecule has 2 heterocycles. The van der Waals surface area contributed by atoms with Crippen LogP contribution in [0.2, 0.25) is 0 Å². The summed E-state index contributed by atoms with van der Waals surface area (Å²) in [5.74, 6) is 0.638. The zero-order chi connectivity index (χ0) is 13.8. The maximum Gasteiger partial charge on any atom is 0.0983 e. The highest BCUT2D eigenvalue weighted by atomic mass is 32.1. The van der Waals surface area contributed by atoms with E-state index in [2.05, 4.69) is 29.8 Å². The Morgan fingerprint density at radius 1 is 1.45 bits per heavy atom. The lowest BCUT2D eigenvalue weighted by molar-refractivity contribution is 0.501. The Hall–Kier alpha value is -0.710. The standard InChI is InChI=1S/C16H22N2S2/c1-2-8-17-11-12-5-3-7-14-16(12)18-15(20-14)10-13-6-4-9-19-13/h4,6,9,12,17H,2-3,5,7-8,10-11H2,1H3. The lowest BCUT2D eigenvalue weighted by atomic mass is 9.91. The zero-order valence-electron chi connectivity index (χ0n) is 12.0. The summed E-state index contributed by atoms with van der Waals surface area (Å²) in [6, 6.07) is 4.34. The first-order chi connectivity index (χ1) is 9.86. The van der Waals surface area contributed by atoms with Crippen LogP contribution in [0, 0.1) is 0 Å². The van der Waals surface area contributed by atoms with Gasteiger partial charge in [-0.3, -0.25) is 0 Å². The summed E-state index contributed by atoms with van der Waals surface area (Å²) in [5, 5.41) is 7.03. The lowest BCUT2D eigenvalue weighted by Gasteiger charge is -2.21. The number of nitrogens with one attached hydrogen (secondary N) is 1. The predicted octanol–water partition coefficient (Wildman–Crippen LogP) is 4.21. The summed E-state index contributed by atoms with van der Waals surface area (Å²) in [4.78, 5) is 7.95. The van der Waals surface area contributed by atoms with Crippen LogP contribution in [-0.2, 0) is 12.8 Å². The second kappa shape index (κ2) is 6.83. The number of hydrogen-bond acceptors (Lipinski definition) is 4. The molecule has 0 bridgehead atoms. The highest BCUT2D eigenvalue weighted by molar-refractivity contribution is 7.12. The third kappa shape index (κ3) is 3.30. The largest absolute Gasteiger partial charge is 0.316 e. The van der Waals surface area contributed by atoms with E-state index in [1.165, 1.54) is 41.3 Å². The Morgan fingerprint density at radius 2 is 2.40 bits per heavy atom. The van der Waals surface area contributed by atoms with Crippen LogP contribution in [0.5, 0.6) is 0 Å². The zero-order valence-corrected chi connectivity index (χ0v) is 13.7. The first-order valence-corrected chi connectivity index (χ1v) is 9.28. The fraction of sp³-hybridized carbons (Fsp3) is 0.562. The molecule has 2 aromatic heterocycles. The second-order valence-electron chi connectivity index (χ2n) is 5.47. The molecule has 1 aliphatic carbocycles. The number of aryl methyl sites for hydroxylation is 1. The smallest absolute Gasteiger partial charge is 0.0983 e. The van der Waals surface area contributed by atoms with Gasteiger partial charge in [-0.25, -0.2) is 4.98 Å². The molecule has 0 radical (unpaired) electrons. The predicted molar refractivity (Wildman–Crippen MR) is 88.1 cm³/mol. The maximum atomic E-state index is 4.97. The lowest BCUT2D eigenvalue weighted by Crippen LogP contribution is -2.24. The molecule has 20 heavy (non-hydrogen) atoms. The molecule has 0 amide bonds. The molecule has 0 saturated carbocycles. The first-order valence-electron chi connectivity index (χ1n) is 7.58. The van der Waals surface area contributed by atoms with Gasteiger partial charge < -0.3 is 5.32 Å². The highest BCUT2D eigenvalue weighted by Crippen LogP contribution is 2.35. The monoisotopic (exact) mass is 306 g/mol. The van der Waals surface area contributed by atoms with Crippen molar-refractivity contribution in [2.24, 2.45) is 0 Å². The third-order valence-electron chi connectivity index (χ3n) is 3.84. The van der Waals surface area contributed by atoms with E-state index in [4.69, 9.17) is 4.98 Å². The number of aromatic nitrogens is 1. The molecular weight excluding hydrogens is 284 g/mol. The molecule has 1 atom stereocenters. The number of thiazole rings is 1. The van der Waals surface area contributed by atoms with Gasteiger partial charge in [0.05, 0.1) is 10.7 Å². The minimum Gasteiger partial charge on any atom is -0.316 e. The van der Waals surface area contributed by atoms with Crippen LogP contribution in [0.15, 0.2) is 17.5 Å². The summed E-state index contributed by atoms with van der Waals surface area (Å²) < 4.78 is 0. The van der Waals surface area contributed by atoms with Crippen molar-refractivity contribution in [2.75, 3.05) is 13.1 Å². The molecule has 0 saturated heterocycles.